The summed E-state index contributed by atoms with van der Waals surface area (Å²) in [5.74, 6) is 0.897. The van der Waals surface area contributed by atoms with Crippen LogP contribution in [0, 0.1) is 5.41 Å². The van der Waals surface area contributed by atoms with Crippen LogP contribution in [0.5, 0.6) is 5.75 Å². The van der Waals surface area contributed by atoms with Crippen molar-refractivity contribution in [1.29, 1.82) is 0 Å². The number of nitrogens with zero attached hydrogens (tertiary/aromatic N) is 3. The molecule has 0 radical (unpaired) electrons. The summed E-state index contributed by atoms with van der Waals surface area (Å²) in [6.45, 7) is 5.77. The lowest BCUT2D eigenvalue weighted by Crippen LogP contribution is -2.57. The van der Waals surface area contributed by atoms with Gasteiger partial charge in [-0.15, -0.1) is 0 Å². The highest BCUT2D eigenvalue weighted by Crippen LogP contribution is 2.66. The van der Waals surface area contributed by atoms with Crippen LogP contribution in [-0.4, -0.2) is 79.2 Å². The molecule has 5 aliphatic rings. The molecule has 1 N–H and O–H groups in total. The second-order valence-electron chi connectivity index (χ2n) is 15.3. The van der Waals surface area contributed by atoms with Crippen molar-refractivity contribution in [3.63, 3.8) is 0 Å². The Bertz CT molecular complexity index is 1900. The van der Waals surface area contributed by atoms with Gasteiger partial charge in [0.2, 0.25) is 15.9 Å². The molecule has 3 aliphatic heterocycles. The third-order valence-electron chi connectivity index (χ3n) is 12.4. The topological polar surface area (TPSA) is 101 Å². The molecular formula is C38H48N4O5S. The lowest BCUT2D eigenvalue weighted by atomic mass is 9.81. The number of aromatic nitrogens is 1. The number of ether oxygens (including phenoxy) is 1. The fraction of sp³-hybridized carbons (Fsp3) is 0.579. The van der Waals surface area contributed by atoms with Crippen molar-refractivity contribution in [3.05, 3.63) is 53.1 Å². The first-order chi connectivity index (χ1) is 23.1. The third-order valence-corrected chi connectivity index (χ3v) is 14.3. The summed E-state index contributed by atoms with van der Waals surface area (Å²) in [7, 11) is 0.0490. The molecule has 9 nitrogen and oxygen atoms in total. The van der Waals surface area contributed by atoms with Crippen LogP contribution in [-0.2, 0) is 21.4 Å². The molecule has 48 heavy (non-hydrogen) atoms. The number of hydrogen-bond acceptors (Lipinski definition) is 6. The number of methoxy groups -OCH3 is 1. The number of benzene rings is 2. The van der Waals surface area contributed by atoms with E-state index in [9.17, 15) is 13.2 Å². The van der Waals surface area contributed by atoms with Crippen LogP contribution in [0.2, 0.25) is 0 Å². The number of sulfonamides is 1. The average molecular weight is 673 g/mol. The Labute approximate surface area is 284 Å². The summed E-state index contributed by atoms with van der Waals surface area (Å²) in [6.07, 6.45) is 9.09. The summed E-state index contributed by atoms with van der Waals surface area (Å²) in [5.41, 5.74) is 5.42. The molecule has 2 aliphatic carbocycles. The predicted molar refractivity (Wildman–Crippen MR) is 187 cm³/mol. The molecule has 8 rings (SSSR count). The average Bonchev–Trinajstić information content (AvgIpc) is 3.67. The summed E-state index contributed by atoms with van der Waals surface area (Å²) >= 11 is 0. The second-order valence-corrected chi connectivity index (χ2v) is 17.4. The van der Waals surface area contributed by atoms with E-state index in [-0.39, 0.29) is 23.9 Å². The predicted octanol–water partition coefficient (Wildman–Crippen LogP) is 6.02. The smallest absolute Gasteiger partial charge is 0.264 e. The van der Waals surface area contributed by atoms with Gasteiger partial charge in [-0.1, -0.05) is 32.3 Å². The monoisotopic (exact) mass is 672 g/mol. The van der Waals surface area contributed by atoms with Crippen molar-refractivity contribution in [2.24, 2.45) is 5.41 Å². The van der Waals surface area contributed by atoms with Crippen molar-refractivity contribution in [2.45, 2.75) is 107 Å². The Hall–Kier alpha value is -3.37. The zero-order valence-corrected chi connectivity index (χ0v) is 29.4. The number of carbonyl (C=O) groups is 2. The second kappa shape index (κ2) is 11.6. The van der Waals surface area contributed by atoms with Gasteiger partial charge in [-0.25, -0.2) is 13.1 Å². The first-order valence-electron chi connectivity index (χ1n) is 18.0. The van der Waals surface area contributed by atoms with Crippen LogP contribution in [0.15, 0.2) is 36.4 Å². The Morgan fingerprint density at radius 3 is 2.44 bits per heavy atom. The Balaban J connectivity index is 1.31. The van der Waals surface area contributed by atoms with Gasteiger partial charge >= 0.3 is 0 Å². The van der Waals surface area contributed by atoms with E-state index in [0.717, 1.165) is 73.1 Å². The number of likely N-dealkylation sites (tertiary alicyclic amines) is 1. The number of rotatable bonds is 7. The molecular weight excluding hydrogens is 625 g/mol. The van der Waals surface area contributed by atoms with E-state index in [1.54, 1.807) is 27.0 Å². The minimum atomic E-state index is -3.81. The van der Waals surface area contributed by atoms with Crippen LogP contribution in [0.1, 0.15) is 105 Å². The van der Waals surface area contributed by atoms with Gasteiger partial charge in [0.1, 0.15) is 5.75 Å². The SMILES string of the molecule is CCC(C)S(=O)(=O)NC(=O)c1ccc2c(C3CCCCC3)c3n(c2c1)C[C@@]1(C(=O)N2C4CCC2CN(C)C4)C[C@H]1c1cc(OC)ccc1-3. The largest absolute Gasteiger partial charge is 0.497 e. The van der Waals surface area contributed by atoms with Crippen LogP contribution in [0.3, 0.4) is 0 Å². The van der Waals surface area contributed by atoms with Gasteiger partial charge in [0.25, 0.3) is 5.91 Å². The molecule has 3 aromatic rings. The number of carbonyl (C=O) groups excluding carboxylic acids is 2. The van der Waals surface area contributed by atoms with E-state index in [1.165, 1.54) is 30.4 Å². The van der Waals surface area contributed by atoms with Crippen molar-refractivity contribution < 1.29 is 22.7 Å². The van der Waals surface area contributed by atoms with Crippen molar-refractivity contribution >= 4 is 32.7 Å². The van der Waals surface area contributed by atoms with Crippen LogP contribution in [0.25, 0.3) is 22.2 Å². The summed E-state index contributed by atoms with van der Waals surface area (Å²) < 4.78 is 36.2. The molecule has 3 unspecified atom stereocenters. The maximum Gasteiger partial charge on any atom is 0.264 e. The molecule has 256 valence electrons. The molecule has 5 atom stereocenters. The lowest BCUT2D eigenvalue weighted by molar-refractivity contribution is -0.143. The third kappa shape index (κ3) is 4.91. The highest BCUT2D eigenvalue weighted by molar-refractivity contribution is 7.90. The number of fused-ring (bicyclic) bond motifs is 9. The molecule has 10 heteroatoms. The maximum absolute atomic E-state index is 15.0. The van der Waals surface area contributed by atoms with Gasteiger partial charge in [0, 0.05) is 59.7 Å². The Morgan fingerprint density at radius 2 is 1.75 bits per heavy atom. The molecule has 4 heterocycles. The van der Waals surface area contributed by atoms with Gasteiger partial charge in [-0.2, -0.15) is 0 Å². The Morgan fingerprint density at radius 1 is 1.02 bits per heavy atom. The van der Waals surface area contributed by atoms with Crippen LogP contribution < -0.4 is 9.46 Å². The minimum absolute atomic E-state index is 0.0791. The summed E-state index contributed by atoms with van der Waals surface area (Å²) in [6, 6.07) is 12.5. The van der Waals surface area contributed by atoms with E-state index in [2.05, 4.69) is 38.3 Å². The number of amides is 2. The maximum atomic E-state index is 15.0. The molecule has 4 fully saturated rings. The zero-order valence-electron chi connectivity index (χ0n) is 28.6. The fourth-order valence-electron chi connectivity index (χ4n) is 9.63. The lowest BCUT2D eigenvalue weighted by Gasteiger charge is -2.41. The molecule has 2 saturated heterocycles. The highest BCUT2D eigenvalue weighted by Gasteiger charge is 2.65. The number of nitrogens with one attached hydrogen (secondary N) is 1. The van der Waals surface area contributed by atoms with Crippen molar-refractivity contribution in [2.75, 3.05) is 27.2 Å². The standard InChI is InChI=1S/C38H48N4O5S/c1-5-23(2)48(45,46)39-36(43)25-11-15-30-33(17-25)41-22-38(37(44)42-26-12-13-27(42)21-40(3)20-26)19-32(38)31-18-28(47-4)14-16-29(31)35(41)34(30)24-9-7-6-8-10-24/h11,14-18,23-24,26-27,32H,5-10,12-13,19-22H2,1-4H3,(H,39,43)/t23?,26?,27?,32-,38-/m0/s1. The molecule has 2 amide bonds. The van der Waals surface area contributed by atoms with Gasteiger partial charge in [-0.05, 0) is 99.9 Å². The Kier molecular flexibility index (Phi) is 7.71. The van der Waals surface area contributed by atoms with Gasteiger partial charge in [0.05, 0.1) is 23.5 Å². The van der Waals surface area contributed by atoms with Gasteiger partial charge in [0.15, 0.2) is 0 Å². The summed E-state index contributed by atoms with van der Waals surface area (Å²) in [4.78, 5) is 33.1. The first-order valence-corrected chi connectivity index (χ1v) is 19.5. The van der Waals surface area contributed by atoms with E-state index in [4.69, 9.17) is 4.74 Å². The quantitative estimate of drug-likeness (QED) is 0.330. The molecule has 2 aromatic carbocycles. The van der Waals surface area contributed by atoms with Crippen LogP contribution >= 0.6 is 0 Å². The molecule has 0 spiro atoms. The fourth-order valence-corrected chi connectivity index (χ4v) is 10.6. The van der Waals surface area contributed by atoms with Crippen LogP contribution in [0.4, 0.5) is 0 Å². The molecule has 2 saturated carbocycles. The number of piperazine rings is 1. The van der Waals surface area contributed by atoms with Crippen molar-refractivity contribution in [1.82, 2.24) is 19.1 Å². The zero-order chi connectivity index (χ0) is 33.5. The number of likely N-dealkylation sites (N-methyl/N-ethyl adjacent to an activating group) is 1. The van der Waals surface area contributed by atoms with E-state index < -0.39 is 26.6 Å². The number of hydrogen-bond donors (Lipinski definition) is 1. The van der Waals surface area contributed by atoms with Crippen molar-refractivity contribution in [3.8, 4) is 17.0 Å². The normalized spacial score (nSPS) is 27.5. The minimum Gasteiger partial charge on any atom is -0.497 e. The molecule has 1 aromatic heterocycles. The molecule has 2 bridgehead atoms. The van der Waals surface area contributed by atoms with E-state index in [0.29, 0.717) is 24.4 Å². The van der Waals surface area contributed by atoms with E-state index >= 15 is 4.79 Å². The highest BCUT2D eigenvalue weighted by atomic mass is 32.2. The van der Waals surface area contributed by atoms with Gasteiger partial charge in [-0.3, -0.25) is 9.59 Å². The first kappa shape index (κ1) is 31.9. The van der Waals surface area contributed by atoms with E-state index in [1.807, 2.05) is 18.2 Å². The van der Waals surface area contributed by atoms with Gasteiger partial charge < -0.3 is 19.1 Å². The summed E-state index contributed by atoms with van der Waals surface area (Å²) in [5, 5.41) is 0.421.